The molecular weight excluding hydrogens is 436 g/mol. The zero-order valence-corrected chi connectivity index (χ0v) is 23.4. The Balaban J connectivity index is 1.52. The van der Waals surface area contributed by atoms with Crippen LogP contribution in [0.2, 0.25) is 0 Å². The fraction of sp³-hybridized carbons (Fsp3) is 0.871. The zero-order valence-electron chi connectivity index (χ0n) is 23.4. The van der Waals surface area contributed by atoms with Crippen molar-refractivity contribution in [2.75, 3.05) is 6.61 Å². The molecule has 4 aliphatic rings. The number of Topliss-reactive ketones (excluding diaryl/α,β-unsaturated/α-hetero) is 1. The van der Waals surface area contributed by atoms with Crippen molar-refractivity contribution in [3.8, 4) is 0 Å². The number of ether oxygens (including phenoxy) is 1. The second kappa shape index (κ2) is 9.62. The molecule has 0 aromatic heterocycles. The van der Waals surface area contributed by atoms with E-state index in [4.69, 9.17) is 4.74 Å². The molecule has 4 rings (SSSR count). The molecule has 3 saturated carbocycles. The highest BCUT2D eigenvalue weighted by Crippen LogP contribution is 2.68. The molecule has 35 heavy (non-hydrogen) atoms. The highest BCUT2D eigenvalue weighted by Gasteiger charge is 2.67. The lowest BCUT2D eigenvalue weighted by molar-refractivity contribution is -0.169. The number of carbonyl (C=O) groups excluding carboxylic acids is 2. The number of hydrogen-bond acceptors (Lipinski definition) is 4. The maximum Gasteiger partial charge on any atom is 0.346 e. The van der Waals surface area contributed by atoms with Gasteiger partial charge in [-0.3, -0.25) is 4.79 Å². The molecule has 1 unspecified atom stereocenters. The Morgan fingerprint density at radius 3 is 2.46 bits per heavy atom. The lowest BCUT2D eigenvalue weighted by atomic mass is 9.49. The van der Waals surface area contributed by atoms with Crippen molar-refractivity contribution in [1.29, 1.82) is 0 Å². The molecule has 0 heterocycles. The minimum Gasteiger partial charge on any atom is -0.464 e. The molecule has 4 heteroatoms. The highest BCUT2D eigenvalue weighted by atomic mass is 16.5. The molecule has 3 fully saturated rings. The van der Waals surface area contributed by atoms with Crippen molar-refractivity contribution in [3.63, 3.8) is 0 Å². The number of carbonyl (C=O) groups is 2. The summed E-state index contributed by atoms with van der Waals surface area (Å²) in [4.78, 5) is 25.9. The van der Waals surface area contributed by atoms with E-state index >= 15 is 0 Å². The minimum absolute atomic E-state index is 0.173. The Bertz CT molecular complexity index is 860. The summed E-state index contributed by atoms with van der Waals surface area (Å²) < 4.78 is 5.14. The van der Waals surface area contributed by atoms with Crippen molar-refractivity contribution >= 4 is 11.8 Å². The summed E-state index contributed by atoms with van der Waals surface area (Å²) in [5.74, 6) is 3.52. The first kappa shape index (κ1) is 26.9. The summed E-state index contributed by atoms with van der Waals surface area (Å²) in [5.41, 5.74) is -1.38. The van der Waals surface area contributed by atoms with E-state index in [2.05, 4.69) is 47.6 Å². The van der Waals surface area contributed by atoms with E-state index in [0.29, 0.717) is 28.7 Å². The molecular formula is C31H50O4. The van der Waals surface area contributed by atoms with E-state index < -0.39 is 22.8 Å². The van der Waals surface area contributed by atoms with Crippen molar-refractivity contribution in [2.24, 2.45) is 52.3 Å². The van der Waals surface area contributed by atoms with Crippen molar-refractivity contribution in [1.82, 2.24) is 0 Å². The molecule has 0 spiro atoms. The van der Waals surface area contributed by atoms with Crippen LogP contribution in [0.25, 0.3) is 0 Å². The van der Waals surface area contributed by atoms with Crippen LogP contribution in [0.4, 0.5) is 0 Å². The molecule has 4 aliphatic carbocycles. The van der Waals surface area contributed by atoms with Crippen LogP contribution >= 0.6 is 0 Å². The Hall–Kier alpha value is -1.16. The minimum atomic E-state index is -2.01. The predicted octanol–water partition coefficient (Wildman–Crippen LogP) is 6.75. The summed E-state index contributed by atoms with van der Waals surface area (Å²) in [6, 6.07) is 0. The fourth-order valence-corrected chi connectivity index (χ4v) is 9.58. The fourth-order valence-electron chi connectivity index (χ4n) is 9.58. The number of hydrogen-bond donors (Lipinski definition) is 1. The van der Waals surface area contributed by atoms with E-state index in [0.717, 1.165) is 36.5 Å². The van der Waals surface area contributed by atoms with E-state index in [1.807, 2.05) is 0 Å². The van der Waals surface area contributed by atoms with Gasteiger partial charge in [-0.25, -0.2) is 4.79 Å². The Morgan fingerprint density at radius 1 is 1.11 bits per heavy atom. The van der Waals surface area contributed by atoms with E-state index in [9.17, 15) is 14.7 Å². The average Bonchev–Trinajstić information content (AvgIpc) is 3.26. The van der Waals surface area contributed by atoms with Gasteiger partial charge in [0, 0.05) is 17.4 Å². The predicted molar refractivity (Wildman–Crippen MR) is 140 cm³/mol. The lowest BCUT2D eigenvalue weighted by Gasteiger charge is -2.55. The Morgan fingerprint density at radius 2 is 1.83 bits per heavy atom. The van der Waals surface area contributed by atoms with Crippen LogP contribution < -0.4 is 0 Å². The third-order valence-electron chi connectivity index (χ3n) is 11.5. The molecule has 0 radical (unpaired) electrons. The normalized spacial score (nSPS) is 42.2. The van der Waals surface area contributed by atoms with Crippen LogP contribution in [0.5, 0.6) is 0 Å². The van der Waals surface area contributed by atoms with Crippen LogP contribution in [0.3, 0.4) is 0 Å². The second-order valence-corrected chi connectivity index (χ2v) is 13.4. The number of aliphatic hydroxyl groups is 1. The first-order valence-corrected chi connectivity index (χ1v) is 14.6. The van der Waals surface area contributed by atoms with Crippen molar-refractivity contribution in [2.45, 2.75) is 112 Å². The zero-order chi connectivity index (χ0) is 25.8. The molecule has 1 N–H and O–H groups in total. The first-order valence-electron chi connectivity index (χ1n) is 14.6. The summed E-state index contributed by atoms with van der Waals surface area (Å²) in [6.07, 6.45) is 12.0. The van der Waals surface area contributed by atoms with Crippen molar-refractivity contribution in [3.05, 3.63) is 11.6 Å². The lowest BCUT2D eigenvalue weighted by Crippen LogP contribution is -2.49. The third-order valence-corrected chi connectivity index (χ3v) is 11.5. The van der Waals surface area contributed by atoms with Gasteiger partial charge in [0.2, 0.25) is 11.4 Å². The number of allylic oxidation sites excluding steroid dienone is 1. The monoisotopic (exact) mass is 486 g/mol. The van der Waals surface area contributed by atoms with Gasteiger partial charge in [0.25, 0.3) is 0 Å². The van der Waals surface area contributed by atoms with Gasteiger partial charge in [0.05, 0.1) is 6.61 Å². The average molecular weight is 487 g/mol. The second-order valence-electron chi connectivity index (χ2n) is 13.4. The maximum absolute atomic E-state index is 13.3. The van der Waals surface area contributed by atoms with Gasteiger partial charge in [0.15, 0.2) is 0 Å². The molecule has 0 amide bonds. The van der Waals surface area contributed by atoms with Gasteiger partial charge >= 0.3 is 5.97 Å². The maximum atomic E-state index is 13.3. The van der Waals surface area contributed by atoms with E-state index in [-0.39, 0.29) is 13.0 Å². The Kier molecular flexibility index (Phi) is 7.39. The van der Waals surface area contributed by atoms with Crippen LogP contribution in [0.1, 0.15) is 106 Å². The SMILES string of the molecule is CCOC(=O)[C@]1(O)C[C@@]2(C)C(=CC[C@H]3[C@@H]4CC[C@H]([C@H](C)CCC(CC)C(C)C)[C@@]4(C)CC[C@@H]32)C1=O. The summed E-state index contributed by atoms with van der Waals surface area (Å²) >= 11 is 0. The first-order chi connectivity index (χ1) is 16.4. The van der Waals surface area contributed by atoms with Gasteiger partial charge in [-0.05, 0) is 92.3 Å². The molecule has 4 nitrogen and oxygen atoms in total. The van der Waals surface area contributed by atoms with Crippen molar-refractivity contribution < 1.29 is 19.4 Å². The highest BCUT2D eigenvalue weighted by molar-refractivity contribution is 6.18. The van der Waals surface area contributed by atoms with Crippen LogP contribution in [0, 0.1) is 52.3 Å². The number of ketones is 1. The van der Waals surface area contributed by atoms with Gasteiger partial charge in [-0.1, -0.05) is 60.5 Å². The molecule has 9 atom stereocenters. The molecule has 0 saturated heterocycles. The van der Waals surface area contributed by atoms with Crippen LogP contribution in [-0.2, 0) is 14.3 Å². The molecule has 0 bridgehead atoms. The largest absolute Gasteiger partial charge is 0.464 e. The van der Waals surface area contributed by atoms with Crippen LogP contribution in [0.15, 0.2) is 11.6 Å². The van der Waals surface area contributed by atoms with Gasteiger partial charge < -0.3 is 9.84 Å². The van der Waals surface area contributed by atoms with E-state index in [1.165, 1.54) is 38.5 Å². The summed E-state index contributed by atoms with van der Waals surface area (Å²) in [7, 11) is 0. The summed E-state index contributed by atoms with van der Waals surface area (Å²) in [5, 5.41) is 11.2. The topological polar surface area (TPSA) is 63.6 Å². The summed E-state index contributed by atoms with van der Waals surface area (Å²) in [6.45, 7) is 16.2. The van der Waals surface area contributed by atoms with Crippen LogP contribution in [-0.4, -0.2) is 29.1 Å². The van der Waals surface area contributed by atoms with Gasteiger partial charge in [-0.15, -0.1) is 0 Å². The standard InChI is InChI=1S/C31H50O4/c1-8-21(19(3)4)11-10-20(5)23-14-15-24-22-12-13-26-27(32)31(34,28(33)35-9-2)18-30(26,7)25(22)16-17-29(23,24)6/h13,19-25,34H,8-12,14-18H2,1-7H3/t20-,21?,22+,23-,24+,25+,29-,30-,31+/m1/s1. The molecule has 0 aromatic carbocycles. The molecule has 0 aliphatic heterocycles. The van der Waals surface area contributed by atoms with E-state index in [1.54, 1.807) is 6.92 Å². The number of esters is 1. The third kappa shape index (κ3) is 4.14. The Labute approximate surface area is 213 Å². The quantitative estimate of drug-likeness (QED) is 0.304. The molecule has 198 valence electrons. The van der Waals surface area contributed by atoms with Gasteiger partial charge in [0.1, 0.15) is 0 Å². The number of rotatable bonds is 8. The molecule has 0 aromatic rings. The van der Waals surface area contributed by atoms with Gasteiger partial charge in [-0.2, -0.15) is 0 Å². The number of fused-ring (bicyclic) bond motifs is 5. The smallest absolute Gasteiger partial charge is 0.346 e.